The van der Waals surface area contributed by atoms with Gasteiger partial charge < -0.3 is 0 Å². The van der Waals surface area contributed by atoms with Crippen LogP contribution in [0.5, 0.6) is 0 Å². The van der Waals surface area contributed by atoms with Gasteiger partial charge in [-0.15, -0.1) is 16.2 Å². The van der Waals surface area contributed by atoms with Crippen molar-refractivity contribution >= 4 is 22.8 Å². The van der Waals surface area contributed by atoms with Gasteiger partial charge in [-0.05, 0) is 23.6 Å². The summed E-state index contributed by atoms with van der Waals surface area (Å²) in [7, 11) is 1.52. The molecule has 1 aromatic heterocycles. The van der Waals surface area contributed by atoms with Crippen LogP contribution in [0.4, 0.5) is 5.69 Å². The van der Waals surface area contributed by atoms with E-state index in [9.17, 15) is 9.70 Å². The summed E-state index contributed by atoms with van der Waals surface area (Å²) in [5.74, 6) is -0.0916. The zero-order valence-electron chi connectivity index (χ0n) is 9.16. The number of benzene rings is 1. The number of thiophene rings is 1. The van der Waals surface area contributed by atoms with Crippen molar-refractivity contribution in [3.05, 3.63) is 57.1 Å². The fourth-order valence-corrected chi connectivity index (χ4v) is 2.21. The maximum absolute atomic E-state index is 12.2. The number of rotatable bonds is 4. The molecule has 0 bridgehead atoms. The molecule has 86 valence electrons. The van der Waals surface area contributed by atoms with E-state index >= 15 is 0 Å². The Morgan fingerprint density at radius 3 is 2.65 bits per heavy atom. The van der Waals surface area contributed by atoms with Crippen LogP contribution in [0.15, 0.2) is 47.1 Å². The van der Waals surface area contributed by atoms with Crippen molar-refractivity contribution in [1.29, 1.82) is 0 Å². The highest BCUT2D eigenvalue weighted by Gasteiger charge is 2.16. The summed E-state index contributed by atoms with van der Waals surface area (Å²) in [6.07, 6.45) is 0. The number of ketones is 1. The normalized spacial score (nSPS) is 9.94. The minimum Gasteiger partial charge on any atom is -0.288 e. The molecule has 0 atom stereocenters. The molecule has 1 aromatic carbocycles. The first-order valence-electron chi connectivity index (χ1n) is 4.98. The SMILES string of the molecule is CN(N=O)c1ccccc1C(=O)c1cccs1. The third-order valence-corrected chi connectivity index (χ3v) is 3.23. The second kappa shape index (κ2) is 4.88. The van der Waals surface area contributed by atoms with Crippen LogP contribution in [0, 0.1) is 4.91 Å². The molecule has 5 heteroatoms. The summed E-state index contributed by atoms with van der Waals surface area (Å²) in [5, 5.41) is 5.82. The minimum absolute atomic E-state index is 0.0916. The van der Waals surface area contributed by atoms with Crippen LogP contribution in [0.1, 0.15) is 15.2 Å². The minimum atomic E-state index is -0.0916. The van der Waals surface area contributed by atoms with E-state index in [1.165, 1.54) is 18.4 Å². The van der Waals surface area contributed by atoms with Crippen molar-refractivity contribution < 1.29 is 4.79 Å². The molecule has 0 N–H and O–H groups in total. The molecule has 2 aromatic rings. The van der Waals surface area contributed by atoms with E-state index in [-0.39, 0.29) is 5.78 Å². The summed E-state index contributed by atoms with van der Waals surface area (Å²) < 4.78 is 0. The van der Waals surface area contributed by atoms with E-state index in [0.29, 0.717) is 16.1 Å². The van der Waals surface area contributed by atoms with E-state index in [1.54, 1.807) is 30.3 Å². The Kier molecular flexibility index (Phi) is 3.30. The number of carbonyl (C=O) groups excluding carboxylic acids is 1. The predicted molar refractivity (Wildman–Crippen MR) is 68.4 cm³/mol. The molecule has 0 aliphatic heterocycles. The topological polar surface area (TPSA) is 49.7 Å². The fraction of sp³-hybridized carbons (Fsp3) is 0.0833. The fourth-order valence-electron chi connectivity index (χ4n) is 1.53. The molecule has 0 saturated heterocycles. The second-order valence-corrected chi connectivity index (χ2v) is 4.38. The van der Waals surface area contributed by atoms with Crippen LogP contribution in [-0.4, -0.2) is 12.8 Å². The average molecular weight is 246 g/mol. The van der Waals surface area contributed by atoms with Crippen LogP contribution in [-0.2, 0) is 0 Å². The summed E-state index contributed by atoms with van der Waals surface area (Å²) >= 11 is 1.38. The first-order chi connectivity index (χ1) is 8.24. The Morgan fingerprint density at radius 1 is 1.24 bits per heavy atom. The molecule has 0 saturated carbocycles. The van der Waals surface area contributed by atoms with E-state index < -0.39 is 0 Å². The highest BCUT2D eigenvalue weighted by atomic mass is 32.1. The van der Waals surface area contributed by atoms with Crippen molar-refractivity contribution in [2.24, 2.45) is 5.29 Å². The molecule has 2 rings (SSSR count). The second-order valence-electron chi connectivity index (χ2n) is 3.43. The molecule has 1 heterocycles. The Bertz CT molecular complexity index is 537. The van der Waals surface area contributed by atoms with Gasteiger partial charge in [0.2, 0.25) is 5.78 Å². The van der Waals surface area contributed by atoms with E-state index in [1.807, 2.05) is 11.4 Å². The van der Waals surface area contributed by atoms with Crippen LogP contribution in [0.2, 0.25) is 0 Å². The van der Waals surface area contributed by atoms with E-state index in [0.717, 1.165) is 5.01 Å². The summed E-state index contributed by atoms with van der Waals surface area (Å²) in [6, 6.07) is 10.5. The monoisotopic (exact) mass is 246 g/mol. The Labute approximate surface area is 102 Å². The first kappa shape index (κ1) is 11.5. The number of nitroso groups, excluding NO2 is 1. The molecular weight excluding hydrogens is 236 g/mol. The molecule has 0 radical (unpaired) electrons. The van der Waals surface area contributed by atoms with E-state index in [4.69, 9.17) is 0 Å². The van der Waals surface area contributed by atoms with Crippen LogP contribution in [0.3, 0.4) is 0 Å². The van der Waals surface area contributed by atoms with Gasteiger partial charge in [0.25, 0.3) is 0 Å². The maximum Gasteiger partial charge on any atom is 0.205 e. The van der Waals surface area contributed by atoms with Gasteiger partial charge in [-0.3, -0.25) is 4.79 Å². The average Bonchev–Trinajstić information content (AvgIpc) is 2.91. The lowest BCUT2D eigenvalue weighted by Gasteiger charge is -2.12. The van der Waals surface area contributed by atoms with Gasteiger partial charge in [-0.2, -0.15) is 0 Å². The van der Waals surface area contributed by atoms with Crippen LogP contribution in [0.25, 0.3) is 0 Å². The largest absolute Gasteiger partial charge is 0.288 e. The quantitative estimate of drug-likeness (QED) is 0.473. The summed E-state index contributed by atoms with van der Waals surface area (Å²) in [5.41, 5.74) is 0.998. The first-order valence-corrected chi connectivity index (χ1v) is 5.86. The van der Waals surface area contributed by atoms with Gasteiger partial charge in [-0.25, -0.2) is 5.01 Å². The van der Waals surface area contributed by atoms with Crippen LogP contribution >= 0.6 is 11.3 Å². The Hall–Kier alpha value is -2.01. The number of para-hydroxylation sites is 1. The lowest BCUT2D eigenvalue weighted by molar-refractivity contribution is 0.104. The molecule has 0 unspecified atom stereocenters. The van der Waals surface area contributed by atoms with Gasteiger partial charge in [0.1, 0.15) is 0 Å². The molecule has 0 amide bonds. The third-order valence-electron chi connectivity index (χ3n) is 2.36. The zero-order chi connectivity index (χ0) is 12.3. The van der Waals surface area contributed by atoms with Crippen molar-refractivity contribution in [3.8, 4) is 0 Å². The number of carbonyl (C=O) groups is 1. The number of hydrogen-bond acceptors (Lipinski definition) is 4. The molecule has 0 aliphatic carbocycles. The lowest BCUT2D eigenvalue weighted by Crippen LogP contribution is -2.12. The predicted octanol–water partition coefficient (Wildman–Crippen LogP) is 3.10. The molecule has 17 heavy (non-hydrogen) atoms. The Balaban J connectivity index is 2.45. The highest BCUT2D eigenvalue weighted by molar-refractivity contribution is 7.12. The van der Waals surface area contributed by atoms with Crippen molar-refractivity contribution in [3.63, 3.8) is 0 Å². The Morgan fingerprint density at radius 2 is 2.00 bits per heavy atom. The van der Waals surface area contributed by atoms with Gasteiger partial charge >= 0.3 is 0 Å². The van der Waals surface area contributed by atoms with Gasteiger partial charge in [0.15, 0.2) is 0 Å². The maximum atomic E-state index is 12.2. The van der Waals surface area contributed by atoms with Crippen molar-refractivity contribution in [2.45, 2.75) is 0 Å². The molecular formula is C12H10N2O2S. The summed E-state index contributed by atoms with van der Waals surface area (Å²) in [4.78, 5) is 23.4. The number of nitrogens with zero attached hydrogens (tertiary/aromatic N) is 2. The van der Waals surface area contributed by atoms with Gasteiger partial charge in [0, 0.05) is 12.6 Å². The van der Waals surface area contributed by atoms with Crippen molar-refractivity contribution in [1.82, 2.24) is 0 Å². The molecule has 4 nitrogen and oxygen atoms in total. The van der Waals surface area contributed by atoms with Crippen molar-refractivity contribution in [2.75, 3.05) is 12.1 Å². The van der Waals surface area contributed by atoms with Gasteiger partial charge in [0.05, 0.1) is 15.9 Å². The molecule has 0 spiro atoms. The smallest absolute Gasteiger partial charge is 0.205 e. The highest BCUT2D eigenvalue weighted by Crippen LogP contribution is 2.24. The third kappa shape index (κ3) is 2.24. The number of hydrogen-bond donors (Lipinski definition) is 0. The zero-order valence-corrected chi connectivity index (χ0v) is 9.98. The van der Waals surface area contributed by atoms with Gasteiger partial charge in [-0.1, -0.05) is 18.2 Å². The molecule has 0 aliphatic rings. The van der Waals surface area contributed by atoms with E-state index in [2.05, 4.69) is 5.29 Å². The molecule has 0 fully saturated rings. The standard InChI is InChI=1S/C12H10N2O2S/c1-14(13-16)10-6-3-2-5-9(10)12(15)11-7-4-8-17-11/h2-8H,1H3. The summed E-state index contributed by atoms with van der Waals surface area (Å²) in [6.45, 7) is 0. The lowest BCUT2D eigenvalue weighted by atomic mass is 10.1. The number of anilines is 1. The van der Waals surface area contributed by atoms with Crippen LogP contribution < -0.4 is 5.01 Å².